The molecule has 0 saturated carbocycles. The first-order valence-electron chi connectivity index (χ1n) is 8.07. The van der Waals surface area contributed by atoms with E-state index in [1.54, 1.807) is 18.2 Å². The van der Waals surface area contributed by atoms with Crippen LogP contribution in [-0.4, -0.2) is 5.60 Å². The Kier molecular flexibility index (Phi) is 3.53. The van der Waals surface area contributed by atoms with Crippen molar-refractivity contribution in [1.29, 1.82) is 0 Å². The van der Waals surface area contributed by atoms with E-state index in [4.69, 9.17) is 13.9 Å². The lowest BCUT2D eigenvalue weighted by atomic mass is 10.0. The van der Waals surface area contributed by atoms with Crippen LogP contribution >= 0.6 is 0 Å². The van der Waals surface area contributed by atoms with Crippen LogP contribution in [-0.2, 0) is 13.0 Å². The number of ether oxygens (including phenoxy) is 2. The fourth-order valence-electron chi connectivity index (χ4n) is 3.14. The first kappa shape index (κ1) is 15.7. The van der Waals surface area contributed by atoms with Gasteiger partial charge in [-0.3, -0.25) is 0 Å². The predicted octanol–water partition coefficient (Wildman–Crippen LogP) is 4.22. The summed E-state index contributed by atoms with van der Waals surface area (Å²) in [5.74, 6) is 0.930. The second kappa shape index (κ2) is 5.62. The summed E-state index contributed by atoms with van der Waals surface area (Å²) < 4.78 is 30.8. The minimum Gasteiger partial charge on any atom is -0.489 e. The summed E-state index contributed by atoms with van der Waals surface area (Å²) in [7, 11) is 0. The van der Waals surface area contributed by atoms with Crippen molar-refractivity contribution < 1.29 is 18.3 Å². The quantitative estimate of drug-likeness (QED) is 0.670. The highest BCUT2D eigenvalue weighted by atomic mass is 19.1. The van der Waals surface area contributed by atoms with Crippen molar-refractivity contribution in [2.75, 3.05) is 0 Å². The van der Waals surface area contributed by atoms with Crippen LogP contribution in [0.4, 0.5) is 4.39 Å². The van der Waals surface area contributed by atoms with Crippen LogP contribution in [0, 0.1) is 5.82 Å². The molecule has 3 aromatic rings. The van der Waals surface area contributed by atoms with Crippen LogP contribution in [0.3, 0.4) is 0 Å². The van der Waals surface area contributed by atoms with E-state index in [9.17, 15) is 9.18 Å². The maximum absolute atomic E-state index is 13.9. The minimum atomic E-state index is -0.414. The largest absolute Gasteiger partial charge is 0.489 e. The first-order valence-corrected chi connectivity index (χ1v) is 8.07. The Hall–Kier alpha value is -2.82. The number of hydrogen-bond donors (Lipinski definition) is 0. The molecule has 0 bridgehead atoms. The third-order valence-electron chi connectivity index (χ3n) is 4.19. The zero-order chi connectivity index (χ0) is 17.6. The molecular weight excluding hydrogens is 323 g/mol. The van der Waals surface area contributed by atoms with Crippen molar-refractivity contribution in [3.8, 4) is 11.5 Å². The Morgan fingerprint density at radius 2 is 1.96 bits per heavy atom. The normalized spacial score (nSPS) is 15.0. The molecule has 0 radical (unpaired) electrons. The third kappa shape index (κ3) is 3.09. The van der Waals surface area contributed by atoms with Crippen molar-refractivity contribution >= 4 is 11.0 Å². The molecule has 1 aromatic heterocycles. The fraction of sp³-hybridized carbons (Fsp3) is 0.250. The topological polar surface area (TPSA) is 48.7 Å². The number of rotatable bonds is 3. The highest BCUT2D eigenvalue weighted by Crippen LogP contribution is 2.38. The molecule has 0 unspecified atom stereocenters. The Bertz CT molecular complexity index is 1020. The lowest BCUT2D eigenvalue weighted by Crippen LogP contribution is -2.25. The van der Waals surface area contributed by atoms with Gasteiger partial charge in [-0.1, -0.05) is 0 Å². The number of hydrogen-bond acceptors (Lipinski definition) is 4. The number of halogens is 1. The first-order chi connectivity index (χ1) is 11.9. The van der Waals surface area contributed by atoms with Crippen LogP contribution < -0.4 is 15.1 Å². The average Bonchev–Trinajstić information content (AvgIpc) is 2.86. The summed E-state index contributed by atoms with van der Waals surface area (Å²) in [6.45, 7) is 4.11. The van der Waals surface area contributed by atoms with Crippen LogP contribution in [0.15, 0.2) is 51.7 Å². The maximum Gasteiger partial charge on any atom is 0.336 e. The molecule has 128 valence electrons. The van der Waals surface area contributed by atoms with Gasteiger partial charge in [-0.25, -0.2) is 9.18 Å². The molecular formula is C20H17FO4. The van der Waals surface area contributed by atoms with E-state index in [0.717, 1.165) is 10.9 Å². The predicted molar refractivity (Wildman–Crippen MR) is 91.6 cm³/mol. The summed E-state index contributed by atoms with van der Waals surface area (Å²) in [5, 5.41) is 0.809. The van der Waals surface area contributed by atoms with Gasteiger partial charge in [0.2, 0.25) is 0 Å². The summed E-state index contributed by atoms with van der Waals surface area (Å²) in [6, 6.07) is 11.3. The Morgan fingerprint density at radius 3 is 2.80 bits per heavy atom. The maximum atomic E-state index is 13.9. The fourth-order valence-corrected chi connectivity index (χ4v) is 3.14. The molecule has 0 amide bonds. The summed E-state index contributed by atoms with van der Waals surface area (Å²) in [6.07, 6.45) is 0.661. The van der Waals surface area contributed by atoms with Gasteiger partial charge in [0.1, 0.15) is 35.1 Å². The summed E-state index contributed by atoms with van der Waals surface area (Å²) >= 11 is 0. The summed E-state index contributed by atoms with van der Waals surface area (Å²) in [5.41, 5.74) is 1.20. The van der Waals surface area contributed by atoms with Crippen LogP contribution in [0.25, 0.3) is 11.0 Å². The van der Waals surface area contributed by atoms with Crippen LogP contribution in [0.2, 0.25) is 0 Å². The van der Waals surface area contributed by atoms with Crippen molar-refractivity contribution in [2.24, 2.45) is 0 Å². The highest BCUT2D eigenvalue weighted by molar-refractivity contribution is 5.77. The second-order valence-corrected chi connectivity index (χ2v) is 6.83. The molecule has 0 fully saturated rings. The van der Waals surface area contributed by atoms with E-state index in [0.29, 0.717) is 29.1 Å². The van der Waals surface area contributed by atoms with Gasteiger partial charge in [0, 0.05) is 35.1 Å². The molecule has 1 aliphatic rings. The molecule has 2 aromatic carbocycles. The zero-order valence-corrected chi connectivity index (χ0v) is 14.0. The zero-order valence-electron chi connectivity index (χ0n) is 14.0. The van der Waals surface area contributed by atoms with E-state index in [2.05, 4.69) is 0 Å². The second-order valence-electron chi connectivity index (χ2n) is 6.83. The van der Waals surface area contributed by atoms with Gasteiger partial charge >= 0.3 is 5.63 Å². The number of benzene rings is 2. The minimum absolute atomic E-state index is 0.165. The van der Waals surface area contributed by atoms with Crippen molar-refractivity contribution in [3.05, 3.63) is 69.8 Å². The Balaban J connectivity index is 1.61. The monoisotopic (exact) mass is 340 g/mol. The lowest BCUT2D eigenvalue weighted by Gasteiger charge is -2.18. The van der Waals surface area contributed by atoms with E-state index < -0.39 is 5.63 Å². The van der Waals surface area contributed by atoms with Gasteiger partial charge in [-0.05, 0) is 44.2 Å². The van der Waals surface area contributed by atoms with Crippen LogP contribution in [0.1, 0.15) is 25.0 Å². The van der Waals surface area contributed by atoms with E-state index in [1.807, 2.05) is 19.9 Å². The van der Waals surface area contributed by atoms with E-state index >= 15 is 0 Å². The summed E-state index contributed by atoms with van der Waals surface area (Å²) in [4.78, 5) is 11.3. The van der Waals surface area contributed by atoms with Gasteiger partial charge in [-0.2, -0.15) is 0 Å². The smallest absolute Gasteiger partial charge is 0.336 e. The Labute approximate surface area is 143 Å². The van der Waals surface area contributed by atoms with Gasteiger partial charge in [0.15, 0.2) is 0 Å². The molecule has 4 nitrogen and oxygen atoms in total. The molecule has 0 saturated heterocycles. The molecule has 5 heteroatoms. The molecule has 4 rings (SSSR count). The highest BCUT2D eigenvalue weighted by Gasteiger charge is 2.32. The van der Waals surface area contributed by atoms with E-state index in [1.165, 1.54) is 18.2 Å². The van der Waals surface area contributed by atoms with Crippen molar-refractivity contribution in [1.82, 2.24) is 0 Å². The third-order valence-corrected chi connectivity index (χ3v) is 4.19. The van der Waals surface area contributed by atoms with Crippen molar-refractivity contribution in [3.63, 3.8) is 0 Å². The standard InChI is InChI=1S/C20H17FO4/c1-20(2)10-13-7-15(21)8-14(19(13)25-20)11-23-16-5-3-12-4-6-18(22)24-17(12)9-16/h3-9H,10-11H2,1-2H3. The molecule has 2 heterocycles. The molecule has 0 spiro atoms. The molecule has 1 aliphatic heterocycles. The van der Waals surface area contributed by atoms with Gasteiger partial charge < -0.3 is 13.9 Å². The SMILES string of the molecule is CC1(C)Cc2cc(F)cc(COc3ccc4ccc(=O)oc4c3)c2O1. The Morgan fingerprint density at radius 1 is 1.16 bits per heavy atom. The van der Waals surface area contributed by atoms with Crippen molar-refractivity contribution in [2.45, 2.75) is 32.5 Å². The molecule has 25 heavy (non-hydrogen) atoms. The average molecular weight is 340 g/mol. The van der Waals surface area contributed by atoms with E-state index in [-0.39, 0.29) is 18.0 Å². The molecule has 0 atom stereocenters. The molecule has 0 N–H and O–H groups in total. The lowest BCUT2D eigenvalue weighted by molar-refractivity contribution is 0.135. The van der Waals surface area contributed by atoms with Gasteiger partial charge in [0.05, 0.1) is 0 Å². The van der Waals surface area contributed by atoms with Crippen LogP contribution in [0.5, 0.6) is 11.5 Å². The van der Waals surface area contributed by atoms with Gasteiger partial charge in [0.25, 0.3) is 0 Å². The number of fused-ring (bicyclic) bond motifs is 2. The van der Waals surface area contributed by atoms with Gasteiger partial charge in [-0.15, -0.1) is 0 Å². The molecule has 0 aliphatic carbocycles.